The van der Waals surface area contributed by atoms with Crippen molar-refractivity contribution in [2.75, 3.05) is 19.8 Å². The number of rotatable bonds is 1. The Balaban J connectivity index is 1.70. The lowest BCUT2D eigenvalue weighted by atomic mass is 9.67. The third-order valence-electron chi connectivity index (χ3n) is 5.46. The van der Waals surface area contributed by atoms with Crippen LogP contribution in [0.4, 0.5) is 0 Å². The van der Waals surface area contributed by atoms with E-state index in [0.29, 0.717) is 5.92 Å². The van der Waals surface area contributed by atoms with Gasteiger partial charge in [-0.05, 0) is 57.3 Å². The van der Waals surface area contributed by atoms with Crippen molar-refractivity contribution in [2.45, 2.75) is 68.6 Å². The van der Waals surface area contributed by atoms with E-state index in [9.17, 15) is 5.11 Å². The molecule has 110 valence electrons. The fraction of sp³-hybridized carbons (Fsp3) is 1.00. The molecule has 0 aromatic carbocycles. The molecule has 0 aromatic heterocycles. The molecule has 0 amide bonds. The van der Waals surface area contributed by atoms with E-state index < -0.39 is 5.60 Å². The summed E-state index contributed by atoms with van der Waals surface area (Å²) in [5, 5.41) is 11.0. The predicted octanol–water partition coefficient (Wildman–Crippen LogP) is 1.59. The van der Waals surface area contributed by atoms with Gasteiger partial charge in [0.2, 0.25) is 0 Å². The van der Waals surface area contributed by atoms with Crippen molar-refractivity contribution in [3.63, 3.8) is 0 Å². The predicted molar refractivity (Wildman–Crippen MR) is 72.9 cm³/mol. The molecular weight excluding hydrogens is 242 g/mol. The monoisotopic (exact) mass is 269 g/mol. The van der Waals surface area contributed by atoms with Crippen LogP contribution in [0.25, 0.3) is 0 Å². The topological polar surface area (TPSA) is 64.7 Å². The Labute approximate surface area is 115 Å². The van der Waals surface area contributed by atoms with E-state index in [-0.39, 0.29) is 11.6 Å². The molecule has 3 fully saturated rings. The smallest absolute Gasteiger partial charge is 0.0730 e. The van der Waals surface area contributed by atoms with Crippen molar-refractivity contribution in [1.82, 2.24) is 0 Å². The molecule has 3 unspecified atom stereocenters. The zero-order chi connectivity index (χ0) is 13.3. The molecule has 1 aliphatic carbocycles. The molecule has 19 heavy (non-hydrogen) atoms. The lowest BCUT2D eigenvalue weighted by Gasteiger charge is -2.50. The molecule has 4 heteroatoms. The van der Waals surface area contributed by atoms with Crippen LogP contribution in [0, 0.1) is 5.92 Å². The summed E-state index contributed by atoms with van der Waals surface area (Å²) >= 11 is 0. The SMILES string of the molecule is NC1CCCC(O)(C2CCOC3(CCOCC3)C2)C1. The zero-order valence-electron chi connectivity index (χ0n) is 11.8. The standard InChI is InChI=1S/C15H27NO3/c16-13-2-1-4-15(17,11-13)12-3-7-19-14(10-12)5-8-18-9-6-14/h12-13,17H,1-11,16H2. The lowest BCUT2D eigenvalue weighted by molar-refractivity contribution is -0.181. The average molecular weight is 269 g/mol. The molecule has 3 N–H and O–H groups in total. The van der Waals surface area contributed by atoms with Crippen LogP contribution in [0.5, 0.6) is 0 Å². The highest BCUT2D eigenvalue weighted by Gasteiger charge is 2.47. The van der Waals surface area contributed by atoms with Crippen LogP contribution in [0.15, 0.2) is 0 Å². The molecule has 2 heterocycles. The van der Waals surface area contributed by atoms with E-state index in [2.05, 4.69) is 0 Å². The molecule has 1 spiro atoms. The number of aliphatic hydroxyl groups is 1. The molecule has 2 saturated heterocycles. The van der Waals surface area contributed by atoms with Gasteiger partial charge < -0.3 is 20.3 Å². The van der Waals surface area contributed by atoms with E-state index in [1.54, 1.807) is 0 Å². The fourth-order valence-electron chi connectivity index (χ4n) is 4.28. The quantitative estimate of drug-likeness (QED) is 0.759. The van der Waals surface area contributed by atoms with Crippen LogP contribution in [0.1, 0.15) is 51.4 Å². The molecule has 2 aliphatic heterocycles. The molecule has 0 radical (unpaired) electrons. The zero-order valence-corrected chi connectivity index (χ0v) is 11.8. The van der Waals surface area contributed by atoms with Crippen molar-refractivity contribution in [3.05, 3.63) is 0 Å². The van der Waals surface area contributed by atoms with Crippen LogP contribution in [0.3, 0.4) is 0 Å². The molecular formula is C15H27NO3. The van der Waals surface area contributed by atoms with Gasteiger partial charge in [-0.2, -0.15) is 0 Å². The number of ether oxygens (including phenoxy) is 2. The maximum absolute atomic E-state index is 11.0. The molecule has 3 rings (SSSR count). The van der Waals surface area contributed by atoms with Crippen LogP contribution in [0.2, 0.25) is 0 Å². The van der Waals surface area contributed by atoms with E-state index in [4.69, 9.17) is 15.2 Å². The van der Waals surface area contributed by atoms with E-state index in [1.165, 1.54) is 0 Å². The third-order valence-corrected chi connectivity index (χ3v) is 5.46. The van der Waals surface area contributed by atoms with Gasteiger partial charge >= 0.3 is 0 Å². The van der Waals surface area contributed by atoms with E-state index in [0.717, 1.165) is 71.2 Å². The summed E-state index contributed by atoms with van der Waals surface area (Å²) in [6.07, 6.45) is 7.72. The van der Waals surface area contributed by atoms with E-state index in [1.807, 2.05) is 0 Å². The van der Waals surface area contributed by atoms with Gasteiger partial charge in [-0.25, -0.2) is 0 Å². The van der Waals surface area contributed by atoms with Crippen molar-refractivity contribution >= 4 is 0 Å². The second kappa shape index (κ2) is 5.32. The number of hydrogen-bond donors (Lipinski definition) is 2. The largest absolute Gasteiger partial charge is 0.390 e. The normalized spacial score (nSPS) is 43.3. The van der Waals surface area contributed by atoms with Gasteiger partial charge in [0.25, 0.3) is 0 Å². The first-order chi connectivity index (χ1) is 9.12. The summed E-state index contributed by atoms with van der Waals surface area (Å²) < 4.78 is 11.5. The maximum Gasteiger partial charge on any atom is 0.0730 e. The van der Waals surface area contributed by atoms with Gasteiger partial charge in [0.05, 0.1) is 11.2 Å². The lowest BCUT2D eigenvalue weighted by Crippen LogP contribution is -2.53. The van der Waals surface area contributed by atoms with Crippen molar-refractivity contribution in [1.29, 1.82) is 0 Å². The molecule has 3 atom stereocenters. The molecule has 0 aromatic rings. The fourth-order valence-corrected chi connectivity index (χ4v) is 4.28. The maximum atomic E-state index is 11.0. The van der Waals surface area contributed by atoms with Gasteiger partial charge in [0.1, 0.15) is 0 Å². The van der Waals surface area contributed by atoms with Crippen LogP contribution < -0.4 is 5.73 Å². The first-order valence-corrected chi connectivity index (χ1v) is 7.82. The second-order valence-electron chi connectivity index (χ2n) is 6.79. The summed E-state index contributed by atoms with van der Waals surface area (Å²) in [6, 6.07) is 0.173. The van der Waals surface area contributed by atoms with Gasteiger partial charge in [0, 0.05) is 25.9 Å². The van der Waals surface area contributed by atoms with E-state index >= 15 is 0 Å². The Bertz CT molecular complexity index is 311. The average Bonchev–Trinajstić information content (AvgIpc) is 2.39. The highest BCUT2D eigenvalue weighted by Crippen LogP contribution is 2.45. The second-order valence-corrected chi connectivity index (χ2v) is 6.79. The highest BCUT2D eigenvalue weighted by molar-refractivity contribution is 4.99. The van der Waals surface area contributed by atoms with Gasteiger partial charge in [-0.15, -0.1) is 0 Å². The molecule has 1 saturated carbocycles. The summed E-state index contributed by atoms with van der Waals surface area (Å²) in [5.41, 5.74) is 5.50. The van der Waals surface area contributed by atoms with Crippen LogP contribution in [-0.2, 0) is 9.47 Å². The first kappa shape index (κ1) is 13.8. The Morgan fingerprint density at radius 1 is 1.00 bits per heavy atom. The minimum absolute atomic E-state index is 0.0293. The Morgan fingerprint density at radius 2 is 1.79 bits per heavy atom. The summed E-state index contributed by atoms with van der Waals surface area (Å²) in [6.45, 7) is 2.37. The Morgan fingerprint density at radius 3 is 2.53 bits per heavy atom. The highest BCUT2D eigenvalue weighted by atomic mass is 16.5. The van der Waals surface area contributed by atoms with Gasteiger partial charge in [-0.1, -0.05) is 0 Å². The van der Waals surface area contributed by atoms with Crippen molar-refractivity contribution in [3.8, 4) is 0 Å². The first-order valence-electron chi connectivity index (χ1n) is 7.82. The molecule has 0 bridgehead atoms. The van der Waals surface area contributed by atoms with Crippen LogP contribution >= 0.6 is 0 Å². The molecule has 3 aliphatic rings. The van der Waals surface area contributed by atoms with Crippen molar-refractivity contribution in [2.24, 2.45) is 11.7 Å². The van der Waals surface area contributed by atoms with Gasteiger partial charge in [-0.3, -0.25) is 0 Å². The summed E-state index contributed by atoms with van der Waals surface area (Å²) in [5.74, 6) is 0.352. The molecule has 4 nitrogen and oxygen atoms in total. The number of hydrogen-bond acceptors (Lipinski definition) is 4. The van der Waals surface area contributed by atoms with Crippen molar-refractivity contribution < 1.29 is 14.6 Å². The Kier molecular flexibility index (Phi) is 3.87. The minimum atomic E-state index is -0.549. The van der Waals surface area contributed by atoms with Crippen LogP contribution in [-0.4, -0.2) is 42.2 Å². The number of nitrogens with two attached hydrogens (primary N) is 1. The summed E-state index contributed by atoms with van der Waals surface area (Å²) in [4.78, 5) is 0. The third kappa shape index (κ3) is 2.82. The minimum Gasteiger partial charge on any atom is -0.390 e. The Hall–Kier alpha value is -0.160. The van der Waals surface area contributed by atoms with Gasteiger partial charge in [0.15, 0.2) is 0 Å². The summed E-state index contributed by atoms with van der Waals surface area (Å²) in [7, 11) is 0.